The summed E-state index contributed by atoms with van der Waals surface area (Å²) >= 11 is 3.30. The number of nitrogens with one attached hydrogen (secondary N) is 1. The lowest BCUT2D eigenvalue weighted by molar-refractivity contribution is -0.117. The number of nitrogens with zero attached hydrogens (tertiary/aromatic N) is 1. The smallest absolute Gasteiger partial charge is 0.225 e. The first-order chi connectivity index (χ1) is 7.24. The molecule has 80 valence electrons. The number of hydrogen-bond acceptors (Lipinski definition) is 2. The highest BCUT2D eigenvalue weighted by Crippen LogP contribution is 2.29. The van der Waals surface area contributed by atoms with Crippen LogP contribution < -0.4 is 5.32 Å². The molecule has 1 heterocycles. The van der Waals surface area contributed by atoms with Crippen molar-refractivity contribution in [2.24, 2.45) is 5.92 Å². The Balaban J connectivity index is 1.84. The van der Waals surface area contributed by atoms with Gasteiger partial charge in [0.2, 0.25) is 5.91 Å². The van der Waals surface area contributed by atoms with Gasteiger partial charge in [0.1, 0.15) is 5.82 Å². The Hall–Kier alpha value is -0.900. The summed E-state index contributed by atoms with van der Waals surface area (Å²) in [5.41, 5.74) is 0. The molecular formula is C11H13BrN2O. The Bertz CT molecular complexity index is 346. The minimum Gasteiger partial charge on any atom is -0.311 e. The summed E-state index contributed by atoms with van der Waals surface area (Å²) in [6.07, 6.45) is 5.98. The molecule has 1 aromatic rings. The van der Waals surface area contributed by atoms with Gasteiger partial charge < -0.3 is 5.32 Å². The zero-order valence-electron chi connectivity index (χ0n) is 8.37. The Morgan fingerprint density at radius 2 is 2.33 bits per heavy atom. The molecule has 0 bridgehead atoms. The fraction of sp³-hybridized carbons (Fsp3) is 0.455. The number of rotatable bonds is 3. The van der Waals surface area contributed by atoms with E-state index in [0.29, 0.717) is 18.2 Å². The van der Waals surface area contributed by atoms with Crippen LogP contribution >= 0.6 is 15.9 Å². The molecule has 0 aliphatic heterocycles. The summed E-state index contributed by atoms with van der Waals surface area (Å²) in [4.78, 5) is 15.6. The van der Waals surface area contributed by atoms with Crippen LogP contribution in [0.5, 0.6) is 0 Å². The van der Waals surface area contributed by atoms with Crippen molar-refractivity contribution in [3.63, 3.8) is 0 Å². The summed E-state index contributed by atoms with van der Waals surface area (Å²) in [5.74, 6) is 1.30. The van der Waals surface area contributed by atoms with Crippen LogP contribution in [0, 0.1) is 5.92 Å². The van der Waals surface area contributed by atoms with Crippen LogP contribution in [0.25, 0.3) is 0 Å². The van der Waals surface area contributed by atoms with Gasteiger partial charge in [-0.05, 0) is 46.8 Å². The number of amides is 1. The molecule has 0 atom stereocenters. The van der Waals surface area contributed by atoms with Gasteiger partial charge in [-0.1, -0.05) is 6.42 Å². The number of carbonyl (C=O) groups excluding carboxylic acids is 1. The molecule has 1 aromatic heterocycles. The number of hydrogen-bond donors (Lipinski definition) is 1. The normalized spacial score (nSPS) is 15.8. The molecule has 1 fully saturated rings. The predicted molar refractivity (Wildman–Crippen MR) is 62.5 cm³/mol. The van der Waals surface area contributed by atoms with Crippen molar-refractivity contribution in [3.05, 3.63) is 22.8 Å². The molecule has 0 spiro atoms. The lowest BCUT2D eigenvalue weighted by atomic mass is 9.83. The van der Waals surface area contributed by atoms with Crippen molar-refractivity contribution in [2.45, 2.75) is 25.7 Å². The van der Waals surface area contributed by atoms with Crippen molar-refractivity contribution in [2.75, 3.05) is 5.32 Å². The van der Waals surface area contributed by atoms with Gasteiger partial charge in [-0.25, -0.2) is 4.98 Å². The van der Waals surface area contributed by atoms with E-state index in [1.165, 1.54) is 19.3 Å². The van der Waals surface area contributed by atoms with Crippen molar-refractivity contribution in [1.29, 1.82) is 0 Å². The summed E-state index contributed by atoms with van der Waals surface area (Å²) in [6, 6.07) is 3.66. The molecule has 1 aliphatic carbocycles. The van der Waals surface area contributed by atoms with Gasteiger partial charge in [-0.2, -0.15) is 0 Å². The number of pyridine rings is 1. The van der Waals surface area contributed by atoms with Crippen LogP contribution in [0.2, 0.25) is 0 Å². The van der Waals surface area contributed by atoms with Gasteiger partial charge in [-0.15, -0.1) is 0 Å². The van der Waals surface area contributed by atoms with Gasteiger partial charge in [0.15, 0.2) is 0 Å². The molecule has 1 saturated carbocycles. The molecule has 0 unspecified atom stereocenters. The second-order valence-electron chi connectivity index (χ2n) is 3.91. The van der Waals surface area contributed by atoms with E-state index in [-0.39, 0.29) is 5.91 Å². The fourth-order valence-electron chi connectivity index (χ4n) is 1.60. The van der Waals surface area contributed by atoms with E-state index in [4.69, 9.17) is 0 Å². The molecule has 4 heteroatoms. The van der Waals surface area contributed by atoms with Crippen LogP contribution in [0.4, 0.5) is 5.82 Å². The predicted octanol–water partition coefficient (Wildman–Crippen LogP) is 2.97. The van der Waals surface area contributed by atoms with Gasteiger partial charge in [0.25, 0.3) is 0 Å². The van der Waals surface area contributed by atoms with Gasteiger partial charge >= 0.3 is 0 Å². The third-order valence-corrected chi connectivity index (χ3v) is 3.16. The quantitative estimate of drug-likeness (QED) is 0.916. The highest BCUT2D eigenvalue weighted by Gasteiger charge is 2.20. The minimum absolute atomic E-state index is 0.0783. The van der Waals surface area contributed by atoms with Gasteiger partial charge in [-0.3, -0.25) is 4.79 Å². The maximum Gasteiger partial charge on any atom is 0.225 e. The standard InChI is InChI=1S/C11H13BrN2O/c12-9-4-5-10(13-7-9)14-11(15)6-8-2-1-3-8/h4-5,7-8H,1-3,6H2,(H,13,14,15). The first kappa shape index (κ1) is 10.6. The minimum atomic E-state index is 0.0783. The van der Waals surface area contributed by atoms with E-state index in [0.717, 1.165) is 4.47 Å². The number of anilines is 1. The van der Waals surface area contributed by atoms with Crippen LogP contribution in [0.15, 0.2) is 22.8 Å². The van der Waals surface area contributed by atoms with Crippen molar-refractivity contribution < 1.29 is 4.79 Å². The van der Waals surface area contributed by atoms with E-state index in [1.807, 2.05) is 6.07 Å². The van der Waals surface area contributed by atoms with E-state index in [2.05, 4.69) is 26.2 Å². The Morgan fingerprint density at radius 3 is 2.87 bits per heavy atom. The summed E-state index contributed by atoms with van der Waals surface area (Å²) in [7, 11) is 0. The molecule has 0 saturated heterocycles. The van der Waals surface area contributed by atoms with Gasteiger partial charge in [0, 0.05) is 17.1 Å². The van der Waals surface area contributed by atoms with E-state index < -0.39 is 0 Å². The Labute approximate surface area is 97.4 Å². The monoisotopic (exact) mass is 268 g/mol. The van der Waals surface area contributed by atoms with Crippen molar-refractivity contribution in [1.82, 2.24) is 4.98 Å². The van der Waals surface area contributed by atoms with Gasteiger partial charge in [0.05, 0.1) is 0 Å². The largest absolute Gasteiger partial charge is 0.311 e. The molecular weight excluding hydrogens is 256 g/mol. The molecule has 1 aliphatic rings. The number of carbonyl (C=O) groups is 1. The van der Waals surface area contributed by atoms with E-state index >= 15 is 0 Å². The zero-order valence-corrected chi connectivity index (χ0v) is 9.96. The van der Waals surface area contributed by atoms with Crippen LogP contribution in [0.3, 0.4) is 0 Å². The first-order valence-corrected chi connectivity index (χ1v) is 5.95. The highest BCUT2D eigenvalue weighted by atomic mass is 79.9. The lowest BCUT2D eigenvalue weighted by Gasteiger charge is -2.24. The van der Waals surface area contributed by atoms with Crippen molar-refractivity contribution >= 4 is 27.7 Å². The fourth-order valence-corrected chi connectivity index (χ4v) is 1.84. The second-order valence-corrected chi connectivity index (χ2v) is 4.83. The Morgan fingerprint density at radius 1 is 1.53 bits per heavy atom. The summed E-state index contributed by atoms with van der Waals surface area (Å²) < 4.78 is 0.916. The maximum absolute atomic E-state index is 11.5. The van der Waals surface area contributed by atoms with E-state index in [1.54, 1.807) is 12.3 Å². The highest BCUT2D eigenvalue weighted by molar-refractivity contribution is 9.10. The van der Waals surface area contributed by atoms with Crippen LogP contribution in [0.1, 0.15) is 25.7 Å². The molecule has 15 heavy (non-hydrogen) atoms. The SMILES string of the molecule is O=C(CC1CCC1)Nc1ccc(Br)cn1. The maximum atomic E-state index is 11.5. The third kappa shape index (κ3) is 3.02. The third-order valence-electron chi connectivity index (χ3n) is 2.69. The summed E-state index contributed by atoms with van der Waals surface area (Å²) in [5, 5.41) is 2.80. The average molecular weight is 269 g/mol. The molecule has 0 radical (unpaired) electrons. The zero-order chi connectivity index (χ0) is 10.7. The topological polar surface area (TPSA) is 42.0 Å². The molecule has 1 amide bonds. The molecule has 2 rings (SSSR count). The second kappa shape index (κ2) is 4.75. The lowest BCUT2D eigenvalue weighted by Crippen LogP contribution is -2.21. The summed E-state index contributed by atoms with van der Waals surface area (Å²) in [6.45, 7) is 0. The van der Waals surface area contributed by atoms with Crippen molar-refractivity contribution in [3.8, 4) is 0 Å². The average Bonchev–Trinajstić information content (AvgIpc) is 2.16. The van der Waals surface area contributed by atoms with Crippen LogP contribution in [-0.4, -0.2) is 10.9 Å². The number of aromatic nitrogens is 1. The van der Waals surface area contributed by atoms with E-state index in [9.17, 15) is 4.79 Å². The Kier molecular flexibility index (Phi) is 3.36. The van der Waals surface area contributed by atoms with Crippen LogP contribution in [-0.2, 0) is 4.79 Å². The first-order valence-electron chi connectivity index (χ1n) is 5.15. The number of halogens is 1. The molecule has 3 nitrogen and oxygen atoms in total. The molecule has 1 N–H and O–H groups in total. The molecule has 0 aromatic carbocycles.